The molecule has 1 saturated carbocycles. The molecule has 140 valence electrons. The quantitative estimate of drug-likeness (QED) is 0.606. The van der Waals surface area contributed by atoms with Gasteiger partial charge in [-0.2, -0.15) is 0 Å². The third kappa shape index (κ3) is 3.76. The number of aliphatic hydroxyl groups is 1. The Morgan fingerprint density at radius 2 is 0.963 bits per heavy atom. The van der Waals surface area contributed by atoms with Crippen molar-refractivity contribution < 1.29 is 22.1 Å². The first-order chi connectivity index (χ1) is 12.8. The number of benzene rings is 3. The van der Waals surface area contributed by atoms with Gasteiger partial charge in [-0.3, -0.25) is 0 Å². The second-order valence-electron chi connectivity index (χ2n) is 7.15. The van der Waals surface area contributed by atoms with Crippen LogP contribution in [0.25, 0.3) is 0 Å². The molecule has 1 nitrogen and oxygen atoms in total. The van der Waals surface area contributed by atoms with Crippen molar-refractivity contribution in [1.29, 1.82) is 0 Å². The summed E-state index contributed by atoms with van der Waals surface area (Å²) in [6, 6.07) is 32.8. The Kier molecular flexibility index (Phi) is 6.87. The summed E-state index contributed by atoms with van der Waals surface area (Å²) >= 11 is 0. The molecule has 1 aliphatic carbocycles. The fraction of sp³-hybridized carbons (Fsp3) is 0.250. The van der Waals surface area contributed by atoms with Gasteiger partial charge >= 0.3 is 0 Å². The van der Waals surface area contributed by atoms with Gasteiger partial charge in [0.15, 0.2) is 0 Å². The van der Waals surface area contributed by atoms with E-state index in [1.807, 2.05) is 0 Å². The SMILES string of the molecule is OC1CCCCC1[P+](c1ccccc1)(c1ccccc1)c1ccccc1.[Br-]. The molecular weight excluding hydrogens is 415 g/mol. The average Bonchev–Trinajstić information content (AvgIpc) is 2.72. The van der Waals surface area contributed by atoms with Crippen LogP contribution in [-0.2, 0) is 0 Å². The van der Waals surface area contributed by atoms with Crippen molar-refractivity contribution in [3.05, 3.63) is 91.0 Å². The van der Waals surface area contributed by atoms with Crippen LogP contribution in [0.3, 0.4) is 0 Å². The van der Waals surface area contributed by atoms with Gasteiger partial charge in [-0.05, 0) is 55.7 Å². The van der Waals surface area contributed by atoms with Crippen LogP contribution in [0.4, 0.5) is 0 Å². The number of hydrogen-bond donors (Lipinski definition) is 1. The molecule has 3 heteroatoms. The molecule has 1 fully saturated rings. The molecule has 4 rings (SSSR count). The topological polar surface area (TPSA) is 20.2 Å². The van der Waals surface area contributed by atoms with E-state index in [9.17, 15) is 5.11 Å². The first-order valence-electron chi connectivity index (χ1n) is 9.57. The molecule has 27 heavy (non-hydrogen) atoms. The van der Waals surface area contributed by atoms with Crippen molar-refractivity contribution in [3.63, 3.8) is 0 Å². The summed E-state index contributed by atoms with van der Waals surface area (Å²) in [7, 11) is -1.93. The molecule has 0 aromatic heterocycles. The minimum absolute atomic E-state index is 0. The van der Waals surface area contributed by atoms with Crippen molar-refractivity contribution in [2.75, 3.05) is 0 Å². The summed E-state index contributed by atoms with van der Waals surface area (Å²) in [5, 5.41) is 15.3. The van der Waals surface area contributed by atoms with Gasteiger partial charge in [-0.15, -0.1) is 0 Å². The van der Waals surface area contributed by atoms with E-state index in [0.29, 0.717) is 0 Å². The van der Waals surface area contributed by atoms with Crippen LogP contribution in [-0.4, -0.2) is 16.9 Å². The van der Waals surface area contributed by atoms with E-state index in [2.05, 4.69) is 91.0 Å². The summed E-state index contributed by atoms with van der Waals surface area (Å²) in [5.74, 6) is 0. The molecule has 2 unspecified atom stereocenters. The maximum Gasteiger partial charge on any atom is 0.117 e. The van der Waals surface area contributed by atoms with E-state index >= 15 is 0 Å². The van der Waals surface area contributed by atoms with Crippen LogP contribution in [0.15, 0.2) is 91.0 Å². The van der Waals surface area contributed by atoms with Gasteiger partial charge in [0.25, 0.3) is 0 Å². The zero-order valence-electron chi connectivity index (χ0n) is 15.4. The van der Waals surface area contributed by atoms with Crippen LogP contribution in [0.1, 0.15) is 25.7 Å². The number of halogens is 1. The zero-order chi connectivity index (χ0) is 17.8. The number of hydrogen-bond acceptors (Lipinski definition) is 1. The van der Waals surface area contributed by atoms with Crippen LogP contribution in [0, 0.1) is 0 Å². The molecule has 2 atom stereocenters. The minimum Gasteiger partial charge on any atom is -1.00 e. The number of aliphatic hydroxyl groups excluding tert-OH is 1. The lowest BCUT2D eigenvalue weighted by Crippen LogP contribution is -3.00. The maximum absolute atomic E-state index is 11.1. The second-order valence-corrected chi connectivity index (χ2v) is 10.8. The van der Waals surface area contributed by atoms with Gasteiger partial charge in [-0.25, -0.2) is 0 Å². The van der Waals surface area contributed by atoms with Gasteiger partial charge in [0.1, 0.15) is 28.8 Å². The standard InChI is InChI=1S/C24H26OP.BrH/c25-23-18-10-11-19-24(23)26(20-12-4-1-5-13-20,21-14-6-2-7-15-21)22-16-8-3-9-17-22;/h1-9,12-17,23-25H,10-11,18-19H2;1H/q+1;/p-1. The lowest BCUT2D eigenvalue weighted by molar-refractivity contribution is -0.00000737. The molecule has 3 aromatic rings. The average molecular weight is 441 g/mol. The molecule has 3 aromatic carbocycles. The molecule has 1 aliphatic rings. The van der Waals surface area contributed by atoms with E-state index in [4.69, 9.17) is 0 Å². The molecule has 0 amide bonds. The monoisotopic (exact) mass is 440 g/mol. The summed E-state index contributed by atoms with van der Waals surface area (Å²) in [6.45, 7) is 0. The van der Waals surface area contributed by atoms with E-state index in [0.717, 1.165) is 19.3 Å². The largest absolute Gasteiger partial charge is 1.00 e. The summed E-state index contributed by atoms with van der Waals surface area (Å²) < 4.78 is 0. The third-order valence-corrected chi connectivity index (χ3v) is 10.6. The highest BCUT2D eigenvalue weighted by atomic mass is 79.9. The lowest BCUT2D eigenvalue weighted by Gasteiger charge is -2.39. The molecule has 0 bridgehead atoms. The fourth-order valence-corrected chi connectivity index (χ4v) is 9.76. The minimum atomic E-state index is -1.93. The van der Waals surface area contributed by atoms with Crippen molar-refractivity contribution in [2.24, 2.45) is 0 Å². The van der Waals surface area contributed by atoms with Crippen LogP contribution < -0.4 is 32.9 Å². The summed E-state index contributed by atoms with van der Waals surface area (Å²) in [6.07, 6.45) is 4.11. The van der Waals surface area contributed by atoms with E-state index in [1.54, 1.807) is 0 Å². The molecule has 0 radical (unpaired) electrons. The molecule has 1 N–H and O–H groups in total. The Bertz CT molecular complexity index is 726. The highest BCUT2D eigenvalue weighted by molar-refractivity contribution is 7.96. The van der Waals surface area contributed by atoms with Gasteiger partial charge in [0, 0.05) is 0 Å². The first-order valence-corrected chi connectivity index (χ1v) is 11.4. The summed E-state index contributed by atoms with van der Waals surface area (Å²) in [5.41, 5.74) is 0.281. The zero-order valence-corrected chi connectivity index (χ0v) is 17.9. The van der Waals surface area contributed by atoms with Crippen molar-refractivity contribution in [1.82, 2.24) is 0 Å². The molecular formula is C24H26BrOP. The Hall–Kier alpha value is -1.47. The molecule has 0 heterocycles. The van der Waals surface area contributed by atoms with Crippen LogP contribution in [0.2, 0.25) is 0 Å². The Morgan fingerprint density at radius 3 is 1.33 bits per heavy atom. The Balaban J connectivity index is 0.00000210. The highest BCUT2D eigenvalue weighted by Crippen LogP contribution is 2.63. The van der Waals surface area contributed by atoms with Crippen molar-refractivity contribution >= 4 is 23.2 Å². The predicted octanol–water partition coefficient (Wildman–Crippen LogP) is 1.29. The van der Waals surface area contributed by atoms with Gasteiger partial charge in [-0.1, -0.05) is 61.0 Å². The lowest BCUT2D eigenvalue weighted by atomic mass is 9.97. The first kappa shape index (κ1) is 20.3. The van der Waals surface area contributed by atoms with Gasteiger partial charge in [0.05, 0.1) is 6.10 Å². The van der Waals surface area contributed by atoms with Gasteiger partial charge in [0.2, 0.25) is 0 Å². The molecule has 0 aliphatic heterocycles. The molecule has 0 spiro atoms. The fourth-order valence-electron chi connectivity index (χ4n) is 4.55. The van der Waals surface area contributed by atoms with Crippen molar-refractivity contribution in [2.45, 2.75) is 37.4 Å². The summed E-state index contributed by atoms with van der Waals surface area (Å²) in [4.78, 5) is 0. The smallest absolute Gasteiger partial charge is 0.117 e. The van der Waals surface area contributed by atoms with Crippen molar-refractivity contribution in [3.8, 4) is 0 Å². The number of rotatable bonds is 4. The Morgan fingerprint density at radius 1 is 0.593 bits per heavy atom. The normalized spacial score (nSPS) is 19.9. The highest BCUT2D eigenvalue weighted by Gasteiger charge is 2.55. The molecule has 0 saturated heterocycles. The van der Waals surface area contributed by atoms with E-state index in [-0.39, 0.29) is 28.7 Å². The second kappa shape index (κ2) is 9.15. The van der Waals surface area contributed by atoms with Crippen LogP contribution >= 0.6 is 7.26 Å². The van der Waals surface area contributed by atoms with E-state index < -0.39 is 7.26 Å². The maximum atomic E-state index is 11.1. The van der Waals surface area contributed by atoms with Gasteiger partial charge < -0.3 is 22.1 Å². The van der Waals surface area contributed by atoms with Crippen LogP contribution in [0.5, 0.6) is 0 Å². The van der Waals surface area contributed by atoms with E-state index in [1.165, 1.54) is 22.3 Å². The predicted molar refractivity (Wildman–Crippen MR) is 113 cm³/mol. The third-order valence-electron chi connectivity index (χ3n) is 5.68. The Labute approximate surface area is 173 Å².